The van der Waals surface area contributed by atoms with E-state index in [0.29, 0.717) is 11.8 Å². The molecule has 0 amide bonds. The average molecular weight is 465 g/mol. The van der Waals surface area contributed by atoms with Crippen LogP contribution in [-0.4, -0.2) is 23.1 Å². The van der Waals surface area contributed by atoms with E-state index < -0.39 is 23.1 Å². The molecule has 0 aliphatic heterocycles. The molecule has 2 aliphatic rings. The first-order valence-electron chi connectivity index (χ1n) is 14.2. The number of esters is 2. The number of carbonyl (C=O) groups excluding carboxylic acids is 2. The molecule has 2 aliphatic carbocycles. The summed E-state index contributed by atoms with van der Waals surface area (Å²) in [6, 6.07) is 0. The van der Waals surface area contributed by atoms with E-state index in [0.717, 1.165) is 76.0 Å². The molecule has 0 aromatic rings. The topological polar surface area (TPSA) is 52.6 Å². The Morgan fingerprint density at radius 2 is 1.09 bits per heavy atom. The van der Waals surface area contributed by atoms with Gasteiger partial charge in [0.1, 0.15) is 17.6 Å². The van der Waals surface area contributed by atoms with Crippen LogP contribution in [0.5, 0.6) is 0 Å². The minimum absolute atomic E-state index is 0.257. The lowest BCUT2D eigenvalue weighted by Crippen LogP contribution is -2.48. The van der Waals surface area contributed by atoms with Crippen molar-refractivity contribution >= 4 is 11.9 Å². The molecule has 0 heterocycles. The molecule has 0 aromatic carbocycles. The van der Waals surface area contributed by atoms with Gasteiger partial charge in [0.15, 0.2) is 0 Å². The molecule has 4 nitrogen and oxygen atoms in total. The lowest BCUT2D eigenvalue weighted by Gasteiger charge is -2.46. The highest BCUT2D eigenvalue weighted by atomic mass is 16.6. The first kappa shape index (κ1) is 28.2. The van der Waals surface area contributed by atoms with Gasteiger partial charge in [0.2, 0.25) is 0 Å². The van der Waals surface area contributed by atoms with Gasteiger partial charge in [-0.15, -0.1) is 0 Å². The maximum atomic E-state index is 13.0. The Labute approximate surface area is 203 Å². The van der Waals surface area contributed by atoms with Crippen molar-refractivity contribution in [3.63, 3.8) is 0 Å². The Kier molecular flexibility index (Phi) is 11.2. The van der Waals surface area contributed by atoms with Gasteiger partial charge in [-0.2, -0.15) is 0 Å². The molecule has 0 saturated heterocycles. The molecule has 192 valence electrons. The Morgan fingerprint density at radius 1 is 0.697 bits per heavy atom. The third-order valence-electron chi connectivity index (χ3n) is 9.17. The number of carbonyl (C=O) groups is 2. The Hall–Kier alpha value is -1.06. The molecule has 0 spiro atoms. The van der Waals surface area contributed by atoms with Crippen molar-refractivity contribution in [2.45, 2.75) is 149 Å². The second kappa shape index (κ2) is 13.1. The highest BCUT2D eigenvalue weighted by Gasteiger charge is 2.46. The highest BCUT2D eigenvalue weighted by molar-refractivity contribution is 5.91. The van der Waals surface area contributed by atoms with Crippen LogP contribution in [0.15, 0.2) is 0 Å². The molecule has 2 rings (SSSR count). The molecule has 2 fully saturated rings. The van der Waals surface area contributed by atoms with E-state index in [2.05, 4.69) is 41.5 Å². The molecular formula is C29H52O4. The molecule has 2 saturated carbocycles. The van der Waals surface area contributed by atoms with Gasteiger partial charge >= 0.3 is 11.9 Å². The number of hydrogen-bond donors (Lipinski definition) is 0. The van der Waals surface area contributed by atoms with E-state index >= 15 is 0 Å². The van der Waals surface area contributed by atoms with Gasteiger partial charge in [0.05, 0.1) is 0 Å². The highest BCUT2D eigenvalue weighted by Crippen LogP contribution is 2.46. The van der Waals surface area contributed by atoms with E-state index in [1.807, 2.05) is 0 Å². The van der Waals surface area contributed by atoms with Gasteiger partial charge in [-0.1, -0.05) is 67.2 Å². The smallest absolute Gasteiger partial charge is 0.317 e. The molecule has 6 atom stereocenters. The molecule has 0 N–H and O–H groups in total. The van der Waals surface area contributed by atoms with Crippen LogP contribution in [0, 0.1) is 23.7 Å². The predicted octanol–water partition coefficient (Wildman–Crippen LogP) is 8.01. The largest absolute Gasteiger partial charge is 0.458 e. The minimum Gasteiger partial charge on any atom is -0.458 e. The molecular weight excluding hydrogens is 412 g/mol. The first-order chi connectivity index (χ1) is 15.8. The van der Waals surface area contributed by atoms with Gasteiger partial charge in [-0.3, -0.25) is 9.59 Å². The number of ether oxygens (including phenoxy) is 2. The zero-order valence-electron chi connectivity index (χ0n) is 22.5. The van der Waals surface area contributed by atoms with Crippen molar-refractivity contribution in [3.05, 3.63) is 0 Å². The summed E-state index contributed by atoms with van der Waals surface area (Å²) in [6.07, 6.45) is 14.7. The van der Waals surface area contributed by atoms with Gasteiger partial charge in [-0.05, 0) is 87.9 Å². The Morgan fingerprint density at radius 3 is 1.39 bits per heavy atom. The molecule has 4 heteroatoms. The SMILES string of the molecule is CCCC1CCC(CC)(OC(=O)CC(=O)OC2(CC)CCC(CCC)CC2CC)C(CC)C1. The van der Waals surface area contributed by atoms with Crippen LogP contribution in [0.3, 0.4) is 0 Å². The standard InChI is InChI=1S/C29H52O4/c1-7-13-22-15-17-28(11-5,24(9-3)19-22)32-26(30)21-27(31)33-29(12-6)18-16-23(14-8-2)20-25(29)10-4/h22-25H,7-21H2,1-6H3. The van der Waals surface area contributed by atoms with Gasteiger partial charge < -0.3 is 9.47 Å². The second-order valence-corrected chi connectivity index (χ2v) is 11.0. The monoisotopic (exact) mass is 464 g/mol. The predicted molar refractivity (Wildman–Crippen MR) is 135 cm³/mol. The third kappa shape index (κ3) is 6.98. The summed E-state index contributed by atoms with van der Waals surface area (Å²) in [5, 5.41) is 0. The summed E-state index contributed by atoms with van der Waals surface area (Å²) < 4.78 is 12.3. The Balaban J connectivity index is 2.00. The molecule has 0 radical (unpaired) electrons. The normalized spacial score (nSPS) is 34.6. The van der Waals surface area contributed by atoms with Crippen molar-refractivity contribution in [2.24, 2.45) is 23.7 Å². The Bertz CT molecular complexity index is 565. The molecule has 0 bridgehead atoms. The fourth-order valence-corrected chi connectivity index (χ4v) is 7.18. The minimum atomic E-state index is -0.414. The van der Waals surface area contributed by atoms with Crippen molar-refractivity contribution in [3.8, 4) is 0 Å². The van der Waals surface area contributed by atoms with Gasteiger partial charge in [0.25, 0.3) is 0 Å². The zero-order chi connectivity index (χ0) is 24.5. The van der Waals surface area contributed by atoms with Crippen molar-refractivity contribution < 1.29 is 19.1 Å². The summed E-state index contributed by atoms with van der Waals surface area (Å²) >= 11 is 0. The zero-order valence-corrected chi connectivity index (χ0v) is 22.5. The maximum Gasteiger partial charge on any atom is 0.317 e. The van der Waals surface area contributed by atoms with Gasteiger partial charge in [-0.25, -0.2) is 0 Å². The van der Waals surface area contributed by atoms with Crippen LogP contribution >= 0.6 is 0 Å². The summed E-state index contributed by atoms with van der Waals surface area (Å²) in [7, 11) is 0. The van der Waals surface area contributed by atoms with E-state index in [1.54, 1.807) is 0 Å². The third-order valence-corrected chi connectivity index (χ3v) is 9.17. The van der Waals surface area contributed by atoms with Crippen LogP contribution in [0.4, 0.5) is 0 Å². The van der Waals surface area contributed by atoms with E-state index in [4.69, 9.17) is 9.47 Å². The lowest BCUT2D eigenvalue weighted by atomic mass is 9.67. The average Bonchev–Trinajstić information content (AvgIpc) is 2.81. The van der Waals surface area contributed by atoms with E-state index in [1.165, 1.54) is 25.7 Å². The van der Waals surface area contributed by atoms with Crippen LogP contribution in [0.2, 0.25) is 0 Å². The summed E-state index contributed by atoms with van der Waals surface area (Å²) in [5.74, 6) is 1.45. The van der Waals surface area contributed by atoms with Crippen molar-refractivity contribution in [2.75, 3.05) is 0 Å². The first-order valence-corrected chi connectivity index (χ1v) is 14.2. The second-order valence-electron chi connectivity index (χ2n) is 11.0. The summed E-state index contributed by atoms with van der Waals surface area (Å²) in [6.45, 7) is 13.2. The van der Waals surface area contributed by atoms with Crippen molar-refractivity contribution in [1.82, 2.24) is 0 Å². The summed E-state index contributed by atoms with van der Waals surface area (Å²) in [5.41, 5.74) is -0.827. The van der Waals surface area contributed by atoms with E-state index in [9.17, 15) is 9.59 Å². The maximum absolute atomic E-state index is 13.0. The van der Waals surface area contributed by atoms with E-state index in [-0.39, 0.29) is 6.42 Å². The van der Waals surface area contributed by atoms with Crippen molar-refractivity contribution in [1.29, 1.82) is 0 Å². The van der Waals surface area contributed by atoms with Crippen LogP contribution in [0.25, 0.3) is 0 Å². The quantitative estimate of drug-likeness (QED) is 0.217. The lowest BCUT2D eigenvalue weighted by molar-refractivity contribution is -0.186. The van der Waals surface area contributed by atoms with Crippen LogP contribution < -0.4 is 0 Å². The fourth-order valence-electron chi connectivity index (χ4n) is 7.18. The van der Waals surface area contributed by atoms with Crippen LogP contribution in [-0.2, 0) is 19.1 Å². The number of hydrogen-bond acceptors (Lipinski definition) is 4. The van der Waals surface area contributed by atoms with Gasteiger partial charge in [0, 0.05) is 0 Å². The summed E-state index contributed by atoms with van der Waals surface area (Å²) in [4.78, 5) is 25.9. The number of rotatable bonds is 12. The van der Waals surface area contributed by atoms with Crippen LogP contribution in [0.1, 0.15) is 138 Å². The fraction of sp³-hybridized carbons (Fsp3) is 0.931. The molecule has 33 heavy (non-hydrogen) atoms. The molecule has 6 unspecified atom stereocenters. The molecule has 0 aromatic heterocycles.